The Hall–Kier alpha value is -4.24. The second-order valence-electron chi connectivity index (χ2n) is 8.24. The van der Waals surface area contributed by atoms with Gasteiger partial charge in [-0.05, 0) is 66.6 Å². The van der Waals surface area contributed by atoms with E-state index in [-0.39, 0.29) is 16.5 Å². The highest BCUT2D eigenvalue weighted by Gasteiger charge is 2.48. The van der Waals surface area contributed by atoms with E-state index in [4.69, 9.17) is 9.47 Å². The number of halogens is 1. The summed E-state index contributed by atoms with van der Waals surface area (Å²) in [6, 6.07) is 14.7. The quantitative estimate of drug-likeness (QED) is 0.223. The van der Waals surface area contributed by atoms with Crippen LogP contribution in [0.3, 0.4) is 0 Å². The number of benzene rings is 3. The predicted molar refractivity (Wildman–Crippen MR) is 135 cm³/mol. The van der Waals surface area contributed by atoms with Crippen molar-refractivity contribution in [3.8, 4) is 11.5 Å². The maximum absolute atomic E-state index is 13.8. The van der Waals surface area contributed by atoms with Crippen LogP contribution in [0.5, 0.6) is 11.5 Å². The predicted octanol–water partition coefficient (Wildman–Crippen LogP) is 5.39. The molecule has 4 aromatic rings. The molecule has 5 rings (SSSR count). The minimum atomic E-state index is -1.00. The van der Waals surface area contributed by atoms with Crippen LogP contribution in [0.4, 0.5) is 9.52 Å². The molecule has 0 saturated carbocycles. The third kappa shape index (κ3) is 3.87. The lowest BCUT2D eigenvalue weighted by molar-refractivity contribution is -0.132. The SMILES string of the molecule is COc1ccc2nc(N3C(=O)C(=O)C(=C(O)c4ccc(OC)c(C)c4)[C@@H]3c3ccc(F)cc3)sc2c1. The molecule has 1 fully saturated rings. The second-order valence-corrected chi connectivity index (χ2v) is 9.24. The van der Waals surface area contributed by atoms with Crippen molar-refractivity contribution >= 4 is 44.1 Å². The van der Waals surface area contributed by atoms with E-state index >= 15 is 0 Å². The lowest BCUT2D eigenvalue weighted by Crippen LogP contribution is -2.29. The van der Waals surface area contributed by atoms with E-state index in [1.54, 1.807) is 50.4 Å². The van der Waals surface area contributed by atoms with Crippen LogP contribution in [0, 0.1) is 12.7 Å². The fourth-order valence-corrected chi connectivity index (χ4v) is 5.32. The number of rotatable bonds is 5. The molecule has 1 aromatic heterocycles. The van der Waals surface area contributed by atoms with Crippen molar-refractivity contribution in [1.29, 1.82) is 0 Å². The van der Waals surface area contributed by atoms with Gasteiger partial charge in [0.25, 0.3) is 5.78 Å². The number of Topliss-reactive ketones (excluding diaryl/α,β-unsaturated/α-hetero) is 1. The molecule has 1 saturated heterocycles. The third-order valence-electron chi connectivity index (χ3n) is 6.09. The summed E-state index contributed by atoms with van der Waals surface area (Å²) in [4.78, 5) is 32.5. The summed E-state index contributed by atoms with van der Waals surface area (Å²) in [7, 11) is 3.09. The summed E-state index contributed by atoms with van der Waals surface area (Å²) in [6.07, 6.45) is 0. The number of thiazole rings is 1. The number of hydrogen-bond acceptors (Lipinski definition) is 7. The average Bonchev–Trinajstić information content (AvgIpc) is 3.41. The molecule has 1 atom stereocenters. The van der Waals surface area contributed by atoms with Crippen molar-refractivity contribution in [2.75, 3.05) is 19.1 Å². The van der Waals surface area contributed by atoms with Crippen LogP contribution in [-0.4, -0.2) is 36.0 Å². The Balaban J connectivity index is 1.71. The van der Waals surface area contributed by atoms with Crippen LogP contribution in [0.15, 0.2) is 66.2 Å². The van der Waals surface area contributed by atoms with Gasteiger partial charge >= 0.3 is 5.91 Å². The Labute approximate surface area is 210 Å². The van der Waals surface area contributed by atoms with Crippen LogP contribution < -0.4 is 14.4 Å². The number of aliphatic hydroxyl groups excluding tert-OH is 1. The average molecular weight is 505 g/mol. The standard InChI is InChI=1S/C27H21FN2O5S/c1-14-12-16(6-11-20(14)35-3)24(31)22-23(15-4-7-17(28)8-5-15)30(26(33)25(22)32)27-29-19-10-9-18(34-2)13-21(19)36-27/h4-13,23,31H,1-3H3/t23-/m0/s1. The fraction of sp³-hybridized carbons (Fsp3) is 0.148. The molecule has 2 heterocycles. The molecule has 1 aliphatic heterocycles. The lowest BCUT2D eigenvalue weighted by atomic mass is 9.95. The first-order chi connectivity index (χ1) is 17.3. The molecule has 0 spiro atoms. The van der Waals surface area contributed by atoms with Gasteiger partial charge in [-0.1, -0.05) is 23.5 Å². The van der Waals surface area contributed by atoms with Crippen molar-refractivity contribution in [2.45, 2.75) is 13.0 Å². The van der Waals surface area contributed by atoms with E-state index in [1.807, 2.05) is 0 Å². The number of aryl methyl sites for hydroxylation is 1. The molecule has 36 heavy (non-hydrogen) atoms. The smallest absolute Gasteiger partial charge is 0.301 e. The molecule has 0 bridgehead atoms. The van der Waals surface area contributed by atoms with Gasteiger partial charge in [0.1, 0.15) is 23.1 Å². The zero-order valence-electron chi connectivity index (χ0n) is 19.6. The summed E-state index contributed by atoms with van der Waals surface area (Å²) in [6.45, 7) is 1.81. The Bertz CT molecular complexity index is 1540. The van der Waals surface area contributed by atoms with Crippen LogP contribution >= 0.6 is 11.3 Å². The number of methoxy groups -OCH3 is 2. The van der Waals surface area contributed by atoms with Crippen molar-refractivity contribution in [3.05, 3.63) is 88.7 Å². The van der Waals surface area contributed by atoms with Crippen LogP contribution in [-0.2, 0) is 9.59 Å². The maximum Gasteiger partial charge on any atom is 0.301 e. The Kier molecular flexibility index (Phi) is 5.93. The van der Waals surface area contributed by atoms with Crippen molar-refractivity contribution in [3.63, 3.8) is 0 Å². The van der Waals surface area contributed by atoms with Gasteiger partial charge < -0.3 is 14.6 Å². The van der Waals surface area contributed by atoms with Gasteiger partial charge in [-0.3, -0.25) is 14.5 Å². The van der Waals surface area contributed by atoms with E-state index in [0.29, 0.717) is 28.1 Å². The molecular formula is C27H21FN2O5S. The van der Waals surface area contributed by atoms with Gasteiger partial charge in [0.15, 0.2) is 5.13 Å². The fourth-order valence-electron chi connectivity index (χ4n) is 4.29. The normalized spacial score (nSPS) is 17.1. The van der Waals surface area contributed by atoms with Gasteiger partial charge in [0.2, 0.25) is 0 Å². The zero-order chi connectivity index (χ0) is 25.6. The molecule has 0 radical (unpaired) electrons. The molecule has 1 N–H and O–H groups in total. The second kappa shape index (κ2) is 9.09. The maximum atomic E-state index is 13.8. The van der Waals surface area contributed by atoms with Crippen LogP contribution in [0.25, 0.3) is 16.0 Å². The Morgan fingerprint density at radius 1 is 1.03 bits per heavy atom. The van der Waals surface area contributed by atoms with E-state index in [9.17, 15) is 19.1 Å². The number of ether oxygens (including phenoxy) is 2. The van der Waals surface area contributed by atoms with E-state index in [0.717, 1.165) is 10.3 Å². The highest BCUT2D eigenvalue weighted by Crippen LogP contribution is 2.44. The number of carbonyl (C=O) groups is 2. The molecule has 1 aliphatic rings. The number of fused-ring (bicyclic) bond motifs is 1. The molecule has 0 unspecified atom stereocenters. The summed E-state index contributed by atoms with van der Waals surface area (Å²) >= 11 is 1.22. The summed E-state index contributed by atoms with van der Waals surface area (Å²) in [5.74, 6) is -1.24. The Morgan fingerprint density at radius 3 is 2.44 bits per heavy atom. The molecule has 1 amide bonds. The first kappa shape index (κ1) is 23.5. The Morgan fingerprint density at radius 2 is 1.78 bits per heavy atom. The van der Waals surface area contributed by atoms with Gasteiger partial charge in [0, 0.05) is 5.56 Å². The van der Waals surface area contributed by atoms with E-state index < -0.39 is 23.5 Å². The largest absolute Gasteiger partial charge is 0.507 e. The molecule has 3 aromatic carbocycles. The van der Waals surface area contributed by atoms with Crippen LogP contribution in [0.2, 0.25) is 0 Å². The number of nitrogens with zero attached hydrogens (tertiary/aromatic N) is 2. The molecule has 9 heteroatoms. The zero-order valence-corrected chi connectivity index (χ0v) is 20.4. The lowest BCUT2D eigenvalue weighted by Gasteiger charge is -2.23. The van der Waals surface area contributed by atoms with E-state index in [1.165, 1.54) is 47.6 Å². The van der Waals surface area contributed by atoms with Gasteiger partial charge in [0.05, 0.1) is 36.1 Å². The summed E-state index contributed by atoms with van der Waals surface area (Å²) in [5.41, 5.74) is 2.08. The summed E-state index contributed by atoms with van der Waals surface area (Å²) in [5, 5.41) is 11.6. The topological polar surface area (TPSA) is 89.0 Å². The van der Waals surface area contributed by atoms with Gasteiger partial charge in [-0.25, -0.2) is 9.37 Å². The summed E-state index contributed by atoms with van der Waals surface area (Å²) < 4.78 is 25.1. The minimum Gasteiger partial charge on any atom is -0.507 e. The van der Waals surface area contributed by atoms with Crippen molar-refractivity contribution in [1.82, 2.24) is 4.98 Å². The highest BCUT2D eigenvalue weighted by molar-refractivity contribution is 7.22. The minimum absolute atomic E-state index is 0.104. The third-order valence-corrected chi connectivity index (χ3v) is 7.11. The monoisotopic (exact) mass is 504 g/mol. The number of anilines is 1. The number of amides is 1. The number of aromatic nitrogens is 1. The number of hydrogen-bond donors (Lipinski definition) is 1. The molecule has 7 nitrogen and oxygen atoms in total. The first-order valence-corrected chi connectivity index (χ1v) is 11.8. The number of aliphatic hydroxyl groups is 1. The van der Waals surface area contributed by atoms with Gasteiger partial charge in [-0.2, -0.15) is 0 Å². The highest BCUT2D eigenvalue weighted by atomic mass is 32.1. The first-order valence-electron chi connectivity index (χ1n) is 11.0. The molecule has 0 aliphatic carbocycles. The molecular weight excluding hydrogens is 483 g/mol. The number of ketones is 1. The van der Waals surface area contributed by atoms with Crippen molar-refractivity contribution in [2.24, 2.45) is 0 Å². The van der Waals surface area contributed by atoms with Crippen molar-refractivity contribution < 1.29 is 28.6 Å². The number of carbonyl (C=O) groups excluding carboxylic acids is 2. The van der Waals surface area contributed by atoms with Gasteiger partial charge in [-0.15, -0.1) is 0 Å². The van der Waals surface area contributed by atoms with E-state index in [2.05, 4.69) is 4.98 Å². The molecule has 182 valence electrons. The van der Waals surface area contributed by atoms with Crippen LogP contribution in [0.1, 0.15) is 22.7 Å².